The second-order valence-electron chi connectivity index (χ2n) is 4.33. The number of carbonyl (C=O) groups is 2. The van der Waals surface area contributed by atoms with E-state index in [0.29, 0.717) is 13.1 Å². The molecule has 7 heteroatoms. The molecule has 1 rings (SSSR count). The van der Waals surface area contributed by atoms with Gasteiger partial charge in [-0.25, -0.2) is 0 Å². The van der Waals surface area contributed by atoms with Crippen LogP contribution in [0.2, 0.25) is 10.0 Å². The lowest BCUT2D eigenvalue weighted by molar-refractivity contribution is -0.136. The second kappa shape index (κ2) is 8.87. The van der Waals surface area contributed by atoms with Crippen molar-refractivity contribution in [2.45, 2.75) is 13.8 Å². The fourth-order valence-corrected chi connectivity index (χ4v) is 2.23. The van der Waals surface area contributed by atoms with E-state index in [4.69, 9.17) is 23.2 Å². The average Bonchev–Trinajstić information content (AvgIpc) is 2.47. The fraction of sp³-hybridized carbons (Fsp3) is 0.429. The van der Waals surface area contributed by atoms with E-state index in [1.165, 1.54) is 0 Å². The molecule has 0 aliphatic carbocycles. The van der Waals surface area contributed by atoms with Crippen LogP contribution in [0.4, 0.5) is 5.69 Å². The number of rotatable bonds is 6. The minimum Gasteiger partial charge on any atom is -0.347 e. The van der Waals surface area contributed by atoms with Crippen LogP contribution in [0, 0.1) is 0 Å². The Labute approximate surface area is 134 Å². The van der Waals surface area contributed by atoms with Gasteiger partial charge in [0.05, 0.1) is 15.7 Å². The molecule has 116 valence electrons. The van der Waals surface area contributed by atoms with Gasteiger partial charge in [0.25, 0.3) is 0 Å². The molecule has 5 nitrogen and oxygen atoms in total. The van der Waals surface area contributed by atoms with Gasteiger partial charge < -0.3 is 15.5 Å². The van der Waals surface area contributed by atoms with Crippen LogP contribution in [0.1, 0.15) is 13.8 Å². The number of halogens is 2. The molecule has 0 saturated heterocycles. The summed E-state index contributed by atoms with van der Waals surface area (Å²) >= 11 is 11.8. The van der Waals surface area contributed by atoms with Crippen LogP contribution in [0.25, 0.3) is 0 Å². The standard InChI is InChI=1S/C14H19Cl2N3O2/c1-3-19(4-2)9-8-17-13(20)14(21)18-12-10(15)6-5-7-11(12)16/h5-7H,3-4,8-9H2,1-2H3,(H,17,20)(H,18,21). The normalized spacial score (nSPS) is 10.5. The van der Waals surface area contributed by atoms with Gasteiger partial charge in [-0.15, -0.1) is 0 Å². The van der Waals surface area contributed by atoms with Crippen molar-refractivity contribution in [2.75, 3.05) is 31.5 Å². The Morgan fingerprint density at radius 1 is 1.10 bits per heavy atom. The van der Waals surface area contributed by atoms with Crippen LogP contribution in [0.3, 0.4) is 0 Å². The van der Waals surface area contributed by atoms with Crippen molar-refractivity contribution < 1.29 is 9.59 Å². The van der Waals surface area contributed by atoms with Gasteiger partial charge in [-0.05, 0) is 25.2 Å². The highest BCUT2D eigenvalue weighted by Crippen LogP contribution is 2.29. The molecule has 2 amide bonds. The van der Waals surface area contributed by atoms with E-state index in [2.05, 4.69) is 15.5 Å². The Morgan fingerprint density at radius 2 is 1.67 bits per heavy atom. The third-order valence-electron chi connectivity index (χ3n) is 3.02. The summed E-state index contributed by atoms with van der Waals surface area (Å²) in [7, 11) is 0. The van der Waals surface area contributed by atoms with Crippen molar-refractivity contribution in [3.05, 3.63) is 28.2 Å². The lowest BCUT2D eigenvalue weighted by atomic mass is 10.3. The molecular formula is C14H19Cl2N3O2. The number of likely N-dealkylation sites (N-methyl/N-ethyl adjacent to an activating group) is 1. The lowest BCUT2D eigenvalue weighted by Gasteiger charge is -2.17. The highest BCUT2D eigenvalue weighted by Gasteiger charge is 2.16. The highest BCUT2D eigenvalue weighted by molar-refractivity contribution is 6.44. The maximum Gasteiger partial charge on any atom is 0.313 e. The molecule has 0 spiro atoms. The summed E-state index contributed by atoms with van der Waals surface area (Å²) in [4.78, 5) is 25.6. The zero-order valence-electron chi connectivity index (χ0n) is 12.1. The Morgan fingerprint density at radius 3 is 2.19 bits per heavy atom. The molecule has 0 heterocycles. The molecule has 0 atom stereocenters. The van der Waals surface area contributed by atoms with E-state index in [0.717, 1.165) is 13.1 Å². The molecule has 1 aromatic carbocycles. The van der Waals surface area contributed by atoms with Crippen LogP contribution in [0.15, 0.2) is 18.2 Å². The summed E-state index contributed by atoms with van der Waals surface area (Å²) < 4.78 is 0. The van der Waals surface area contributed by atoms with Crippen LogP contribution in [-0.2, 0) is 9.59 Å². The van der Waals surface area contributed by atoms with Crippen molar-refractivity contribution in [3.8, 4) is 0 Å². The zero-order valence-corrected chi connectivity index (χ0v) is 13.6. The predicted octanol–water partition coefficient (Wildman–Crippen LogP) is 2.39. The number of nitrogens with zero attached hydrogens (tertiary/aromatic N) is 1. The van der Waals surface area contributed by atoms with Gasteiger partial charge in [0.2, 0.25) is 0 Å². The van der Waals surface area contributed by atoms with Crippen molar-refractivity contribution in [1.29, 1.82) is 0 Å². The molecule has 0 fully saturated rings. The molecule has 21 heavy (non-hydrogen) atoms. The van der Waals surface area contributed by atoms with Crippen molar-refractivity contribution >= 4 is 40.7 Å². The summed E-state index contributed by atoms with van der Waals surface area (Å²) in [5, 5.41) is 5.55. The van der Waals surface area contributed by atoms with Gasteiger partial charge >= 0.3 is 11.8 Å². The van der Waals surface area contributed by atoms with E-state index < -0.39 is 11.8 Å². The van der Waals surface area contributed by atoms with Crippen LogP contribution >= 0.6 is 23.2 Å². The molecular weight excluding hydrogens is 313 g/mol. The van der Waals surface area contributed by atoms with Gasteiger partial charge in [-0.1, -0.05) is 43.1 Å². The number of anilines is 1. The Balaban J connectivity index is 2.50. The van der Waals surface area contributed by atoms with E-state index in [1.54, 1.807) is 18.2 Å². The third-order valence-corrected chi connectivity index (χ3v) is 3.65. The minimum atomic E-state index is -0.787. The highest BCUT2D eigenvalue weighted by atomic mass is 35.5. The molecule has 0 aromatic heterocycles. The molecule has 0 radical (unpaired) electrons. The summed E-state index contributed by atoms with van der Waals surface area (Å²) in [6.07, 6.45) is 0. The molecule has 0 unspecified atom stereocenters. The Bertz CT molecular complexity index is 485. The van der Waals surface area contributed by atoms with Crippen LogP contribution < -0.4 is 10.6 Å². The van der Waals surface area contributed by atoms with Crippen molar-refractivity contribution in [2.24, 2.45) is 0 Å². The first kappa shape index (κ1) is 17.8. The zero-order chi connectivity index (χ0) is 15.8. The number of nitrogens with one attached hydrogen (secondary N) is 2. The second-order valence-corrected chi connectivity index (χ2v) is 5.15. The largest absolute Gasteiger partial charge is 0.347 e. The first-order valence-corrected chi connectivity index (χ1v) is 7.50. The maximum absolute atomic E-state index is 11.8. The number of benzene rings is 1. The number of hydrogen-bond acceptors (Lipinski definition) is 3. The predicted molar refractivity (Wildman–Crippen MR) is 85.9 cm³/mol. The quantitative estimate of drug-likeness (QED) is 0.787. The molecule has 0 bridgehead atoms. The average molecular weight is 332 g/mol. The maximum atomic E-state index is 11.8. The number of carbonyl (C=O) groups excluding carboxylic acids is 2. The number of para-hydroxylation sites is 1. The smallest absolute Gasteiger partial charge is 0.313 e. The summed E-state index contributed by atoms with van der Waals surface area (Å²) in [6.45, 7) is 6.97. The van der Waals surface area contributed by atoms with E-state index >= 15 is 0 Å². The van der Waals surface area contributed by atoms with Gasteiger partial charge in [-0.2, -0.15) is 0 Å². The van der Waals surface area contributed by atoms with E-state index in [9.17, 15) is 9.59 Å². The SMILES string of the molecule is CCN(CC)CCNC(=O)C(=O)Nc1c(Cl)cccc1Cl. The van der Waals surface area contributed by atoms with Gasteiger partial charge in [0, 0.05) is 13.1 Å². The molecule has 0 aliphatic rings. The Kier molecular flexibility index (Phi) is 7.50. The van der Waals surface area contributed by atoms with E-state index in [1.807, 2.05) is 13.8 Å². The van der Waals surface area contributed by atoms with Gasteiger partial charge in [-0.3, -0.25) is 9.59 Å². The molecule has 1 aromatic rings. The summed E-state index contributed by atoms with van der Waals surface area (Å²) in [5.74, 6) is -1.50. The topological polar surface area (TPSA) is 61.4 Å². The molecule has 2 N–H and O–H groups in total. The third kappa shape index (κ3) is 5.53. The number of amides is 2. The summed E-state index contributed by atoms with van der Waals surface area (Å²) in [6, 6.07) is 4.83. The monoisotopic (exact) mass is 331 g/mol. The fourth-order valence-electron chi connectivity index (χ4n) is 1.74. The van der Waals surface area contributed by atoms with E-state index in [-0.39, 0.29) is 15.7 Å². The Hall–Kier alpha value is -1.30. The van der Waals surface area contributed by atoms with Crippen molar-refractivity contribution in [1.82, 2.24) is 10.2 Å². The summed E-state index contributed by atoms with van der Waals surface area (Å²) in [5.41, 5.74) is 0.240. The van der Waals surface area contributed by atoms with Gasteiger partial charge in [0.15, 0.2) is 0 Å². The van der Waals surface area contributed by atoms with Crippen LogP contribution in [-0.4, -0.2) is 42.9 Å². The van der Waals surface area contributed by atoms with Crippen LogP contribution in [0.5, 0.6) is 0 Å². The first-order valence-electron chi connectivity index (χ1n) is 6.75. The molecule has 0 saturated carbocycles. The van der Waals surface area contributed by atoms with Crippen molar-refractivity contribution in [3.63, 3.8) is 0 Å². The van der Waals surface area contributed by atoms with Gasteiger partial charge in [0.1, 0.15) is 0 Å². The first-order chi connectivity index (χ1) is 9.99. The molecule has 0 aliphatic heterocycles. The number of hydrogen-bond donors (Lipinski definition) is 2. The minimum absolute atomic E-state index is 0.240. The lowest BCUT2D eigenvalue weighted by Crippen LogP contribution is -2.40.